The summed E-state index contributed by atoms with van der Waals surface area (Å²) in [5.74, 6) is -1.39. The summed E-state index contributed by atoms with van der Waals surface area (Å²) in [4.78, 5) is 50.2. The topological polar surface area (TPSA) is 156 Å². The average molecular weight is 952 g/mol. The van der Waals surface area contributed by atoms with E-state index in [1.54, 1.807) is 34.8 Å². The van der Waals surface area contributed by atoms with E-state index >= 15 is 4.79 Å². The monoisotopic (exact) mass is 951 g/mol. The fourth-order valence-corrected chi connectivity index (χ4v) is 11.1. The summed E-state index contributed by atoms with van der Waals surface area (Å²) in [6.07, 6.45) is 0.218. The molecule has 0 bridgehead atoms. The normalized spacial score (nSPS) is 23.2. The molecule has 2 aromatic carbocycles. The minimum atomic E-state index is -4.64. The number of halogens is 3. The Hall–Kier alpha value is -5.16. The minimum absolute atomic E-state index is 0.0423. The number of carbonyl (C=O) groups is 3. The standard InChI is InChI=1S/C49H60F3N5O7S2/c1-11-30-24-48(30,45(60)56-66(61,62)47(9)19-20-47)55-42(58)38-22-33(25-57(38)44(59)41(46(6,7)8)53-32-14-12-13-31(21-32)49(50,51)52)64-40-23-36(43-54-37(26-65-43)27(2)3)28(4)15-16-34-29(5)39(63-10)18-17-35(34)40/h11-14,17-18,21,23,26-27,30,33,38,41,53H,1,15-16,19-20,22,24-25H2,2-10H3,(H,55,58)(H,56,60). The highest BCUT2D eigenvalue weighted by atomic mass is 32.2. The maximum atomic E-state index is 15.1. The number of thiazole rings is 1. The fourth-order valence-electron chi connectivity index (χ4n) is 8.74. The molecule has 3 N–H and O–H groups in total. The third-order valence-electron chi connectivity index (χ3n) is 13.5. The summed E-state index contributed by atoms with van der Waals surface area (Å²) in [5, 5.41) is 8.75. The lowest BCUT2D eigenvalue weighted by Gasteiger charge is -2.36. The molecular formula is C49H60F3N5O7S2. The molecule has 3 aliphatic carbocycles. The van der Waals surface area contributed by atoms with E-state index < -0.39 is 79.3 Å². The number of benzene rings is 2. The van der Waals surface area contributed by atoms with Gasteiger partial charge >= 0.3 is 6.18 Å². The number of aromatic nitrogens is 1. The van der Waals surface area contributed by atoms with Crippen LogP contribution in [0.15, 0.2) is 66.1 Å². The molecule has 5 unspecified atom stereocenters. The van der Waals surface area contributed by atoms with Crippen LogP contribution in [0.1, 0.15) is 119 Å². The molecule has 1 aromatic heterocycles. The summed E-state index contributed by atoms with van der Waals surface area (Å²) in [5.41, 5.74) is 2.29. The fraction of sp³-hybridized carbons (Fsp3) is 0.510. The Morgan fingerprint density at radius 3 is 2.38 bits per heavy atom. The number of methoxy groups -OCH3 is 1. The van der Waals surface area contributed by atoms with Gasteiger partial charge in [-0.3, -0.25) is 19.1 Å². The molecule has 1 saturated heterocycles. The lowest BCUT2D eigenvalue weighted by atomic mass is 9.85. The molecule has 4 aliphatic rings. The predicted molar refractivity (Wildman–Crippen MR) is 250 cm³/mol. The lowest BCUT2D eigenvalue weighted by molar-refractivity contribution is -0.141. The first kappa shape index (κ1) is 48.8. The molecule has 3 fully saturated rings. The number of carbonyl (C=O) groups excluding carboxylic acids is 3. The van der Waals surface area contributed by atoms with Gasteiger partial charge in [0.1, 0.15) is 40.2 Å². The van der Waals surface area contributed by atoms with E-state index in [2.05, 4.69) is 42.7 Å². The van der Waals surface area contributed by atoms with Crippen molar-refractivity contribution in [3.8, 4) is 5.75 Å². The van der Waals surface area contributed by atoms with Crippen molar-refractivity contribution in [1.82, 2.24) is 19.9 Å². The van der Waals surface area contributed by atoms with Gasteiger partial charge in [-0.05, 0) is 112 Å². The number of nitrogens with zero attached hydrogens (tertiary/aromatic N) is 2. The molecule has 0 radical (unpaired) electrons. The van der Waals surface area contributed by atoms with Crippen LogP contribution in [0.3, 0.4) is 0 Å². The number of alkyl halides is 3. The molecule has 1 aliphatic heterocycles. The van der Waals surface area contributed by atoms with E-state index in [0.717, 1.165) is 57.1 Å². The molecule has 7 rings (SSSR count). The first-order chi connectivity index (χ1) is 30.8. The Kier molecular flexibility index (Phi) is 13.2. The van der Waals surface area contributed by atoms with Crippen molar-refractivity contribution in [1.29, 1.82) is 0 Å². The average Bonchev–Trinajstić information content (AvgIpc) is 4.03. The van der Waals surface area contributed by atoms with E-state index in [1.807, 2.05) is 30.5 Å². The highest BCUT2D eigenvalue weighted by Crippen LogP contribution is 2.48. The van der Waals surface area contributed by atoms with Crippen molar-refractivity contribution in [2.45, 2.75) is 134 Å². The van der Waals surface area contributed by atoms with Crippen LogP contribution in [0, 0.1) is 18.3 Å². The van der Waals surface area contributed by atoms with Crippen LogP contribution in [-0.2, 0) is 41.7 Å². The molecule has 3 aromatic rings. The van der Waals surface area contributed by atoms with E-state index in [9.17, 15) is 31.2 Å². The van der Waals surface area contributed by atoms with Gasteiger partial charge in [0.15, 0.2) is 0 Å². The zero-order valence-electron chi connectivity index (χ0n) is 38.9. The molecule has 3 amide bonds. The molecule has 0 spiro atoms. The summed E-state index contributed by atoms with van der Waals surface area (Å²) in [6, 6.07) is 5.98. The maximum absolute atomic E-state index is 15.1. The highest BCUT2D eigenvalue weighted by molar-refractivity contribution is 7.91. The van der Waals surface area contributed by atoms with Crippen molar-refractivity contribution in [2.75, 3.05) is 19.0 Å². The number of likely N-dealkylation sites (tertiary alicyclic amines) is 1. The second-order valence-corrected chi connectivity index (χ2v) is 22.8. The maximum Gasteiger partial charge on any atom is 0.416 e. The van der Waals surface area contributed by atoms with Gasteiger partial charge in [-0.25, -0.2) is 13.4 Å². The smallest absolute Gasteiger partial charge is 0.416 e. The number of ether oxygens (including phenoxy) is 2. The Balaban J connectivity index is 1.28. The Bertz CT molecular complexity index is 2610. The molecule has 12 nitrogen and oxygen atoms in total. The van der Waals surface area contributed by atoms with Crippen LogP contribution in [0.5, 0.6) is 5.75 Å². The van der Waals surface area contributed by atoms with Crippen molar-refractivity contribution in [3.63, 3.8) is 0 Å². The van der Waals surface area contributed by atoms with Gasteiger partial charge < -0.3 is 25.0 Å². The third kappa shape index (κ3) is 9.65. The van der Waals surface area contributed by atoms with Gasteiger partial charge in [0.25, 0.3) is 5.91 Å². The van der Waals surface area contributed by atoms with Crippen LogP contribution >= 0.6 is 11.3 Å². The quantitative estimate of drug-likeness (QED) is 0.134. The number of hydrogen-bond acceptors (Lipinski definition) is 10. The number of anilines is 1. The van der Waals surface area contributed by atoms with Crippen LogP contribution in [0.4, 0.5) is 18.9 Å². The van der Waals surface area contributed by atoms with Gasteiger partial charge in [0.05, 0.1) is 29.7 Å². The van der Waals surface area contributed by atoms with Gasteiger partial charge in [-0.1, -0.05) is 52.3 Å². The van der Waals surface area contributed by atoms with Gasteiger partial charge in [-0.15, -0.1) is 17.9 Å². The van der Waals surface area contributed by atoms with Crippen molar-refractivity contribution >= 4 is 56.1 Å². The first-order valence-electron chi connectivity index (χ1n) is 22.3. The Morgan fingerprint density at radius 2 is 1.79 bits per heavy atom. The van der Waals surface area contributed by atoms with E-state index in [1.165, 1.54) is 34.4 Å². The lowest BCUT2D eigenvalue weighted by Crippen LogP contribution is -2.59. The molecule has 66 heavy (non-hydrogen) atoms. The summed E-state index contributed by atoms with van der Waals surface area (Å²) >= 11 is 1.54. The number of allylic oxidation sites excluding steroid dienone is 3. The number of sulfonamides is 1. The number of amides is 3. The van der Waals surface area contributed by atoms with Crippen LogP contribution < -0.4 is 20.1 Å². The first-order valence-corrected chi connectivity index (χ1v) is 24.6. The van der Waals surface area contributed by atoms with Gasteiger partial charge in [0, 0.05) is 34.5 Å². The number of fused-ring (bicyclic) bond motifs is 1. The predicted octanol–water partition coefficient (Wildman–Crippen LogP) is 8.94. The molecule has 356 valence electrons. The highest BCUT2D eigenvalue weighted by Gasteiger charge is 2.63. The molecular weight excluding hydrogens is 892 g/mol. The molecule has 2 heterocycles. The largest absolute Gasteiger partial charge is 0.496 e. The van der Waals surface area contributed by atoms with Crippen molar-refractivity contribution in [2.24, 2.45) is 11.3 Å². The second kappa shape index (κ2) is 17.8. The van der Waals surface area contributed by atoms with Crippen molar-refractivity contribution < 1.29 is 45.4 Å². The molecule has 2 saturated carbocycles. The zero-order valence-corrected chi connectivity index (χ0v) is 40.6. The number of hydrogen-bond donors (Lipinski definition) is 3. The van der Waals surface area contributed by atoms with Crippen LogP contribution in [-0.4, -0.2) is 78.2 Å². The Labute approximate surface area is 389 Å². The molecule has 17 heteroatoms. The zero-order chi connectivity index (χ0) is 48.3. The molecule has 5 atom stereocenters. The summed E-state index contributed by atoms with van der Waals surface area (Å²) < 4.78 is 81.9. The van der Waals surface area contributed by atoms with E-state index in [0.29, 0.717) is 30.8 Å². The van der Waals surface area contributed by atoms with E-state index in [4.69, 9.17) is 14.5 Å². The second-order valence-electron chi connectivity index (χ2n) is 19.7. The van der Waals surface area contributed by atoms with Gasteiger partial charge in [-0.2, -0.15) is 13.2 Å². The van der Waals surface area contributed by atoms with Crippen molar-refractivity contribution in [3.05, 3.63) is 99.0 Å². The van der Waals surface area contributed by atoms with E-state index in [-0.39, 0.29) is 31.0 Å². The minimum Gasteiger partial charge on any atom is -0.496 e. The van der Waals surface area contributed by atoms with Crippen LogP contribution in [0.25, 0.3) is 11.3 Å². The number of nitrogens with one attached hydrogen (secondary N) is 3. The summed E-state index contributed by atoms with van der Waals surface area (Å²) in [6.45, 7) is 18.8. The summed E-state index contributed by atoms with van der Waals surface area (Å²) in [7, 11) is -2.46. The van der Waals surface area contributed by atoms with Gasteiger partial charge in [0.2, 0.25) is 21.8 Å². The SMILES string of the molecule is C=CC1CC1(NC(=O)C1CC(OC2=CC(c3nc(C(C)C)cs3)=C(C)CCc3c2ccc(OC)c3C)CN1C(=O)C(Nc1cccc(C(F)(F)F)c1)C(C)(C)C)C(=O)NS(=O)(=O)C1(C)CC1. The van der Waals surface area contributed by atoms with Crippen LogP contribution in [0.2, 0.25) is 0 Å². The third-order valence-corrected chi connectivity index (χ3v) is 16.6. The number of rotatable bonds is 14. The Morgan fingerprint density at radius 1 is 1.08 bits per heavy atom.